The number of fused-ring (bicyclic) bond motifs is 1. The van der Waals surface area contributed by atoms with E-state index in [1.165, 1.54) is 21.0 Å². The standard InChI is InChI=1S/C19H20N4S/c1-14-4-5-16(24-14)12-23-9-6-17-18(7-10-23)21-13-22-19(17)15-3-2-8-20-11-15/h2-5,8,11,13H,6-7,9-10,12H2,1H3. The molecule has 0 bridgehead atoms. The molecule has 0 spiro atoms. The minimum Gasteiger partial charge on any atom is -0.298 e. The van der Waals surface area contributed by atoms with E-state index in [-0.39, 0.29) is 0 Å². The summed E-state index contributed by atoms with van der Waals surface area (Å²) in [5.41, 5.74) is 4.60. The number of nitrogens with zero attached hydrogens (tertiary/aromatic N) is 4. The van der Waals surface area contributed by atoms with Gasteiger partial charge in [0.25, 0.3) is 0 Å². The summed E-state index contributed by atoms with van der Waals surface area (Å²) < 4.78 is 0. The van der Waals surface area contributed by atoms with Crippen molar-refractivity contribution in [3.05, 3.63) is 64.0 Å². The van der Waals surface area contributed by atoms with E-state index in [1.807, 2.05) is 23.6 Å². The van der Waals surface area contributed by atoms with Crippen LogP contribution in [0.3, 0.4) is 0 Å². The molecule has 24 heavy (non-hydrogen) atoms. The van der Waals surface area contributed by atoms with Crippen molar-refractivity contribution in [3.63, 3.8) is 0 Å². The van der Waals surface area contributed by atoms with Gasteiger partial charge in [0.05, 0.1) is 5.69 Å². The second kappa shape index (κ2) is 6.79. The Hall–Kier alpha value is -2.11. The molecule has 0 amide bonds. The van der Waals surface area contributed by atoms with Crippen LogP contribution in [0.1, 0.15) is 21.0 Å². The van der Waals surface area contributed by atoms with Gasteiger partial charge in [0.1, 0.15) is 6.33 Å². The number of hydrogen-bond acceptors (Lipinski definition) is 5. The predicted octanol–water partition coefficient (Wildman–Crippen LogP) is 3.51. The van der Waals surface area contributed by atoms with Crippen molar-refractivity contribution in [3.8, 4) is 11.3 Å². The molecule has 1 aliphatic heterocycles. The van der Waals surface area contributed by atoms with Crippen molar-refractivity contribution in [2.75, 3.05) is 13.1 Å². The fourth-order valence-electron chi connectivity index (χ4n) is 3.27. The lowest BCUT2D eigenvalue weighted by atomic mass is 10.0. The first-order chi connectivity index (χ1) is 11.8. The molecule has 4 nitrogen and oxygen atoms in total. The van der Waals surface area contributed by atoms with E-state index in [4.69, 9.17) is 0 Å². The van der Waals surface area contributed by atoms with E-state index in [0.29, 0.717) is 0 Å². The van der Waals surface area contributed by atoms with Crippen molar-refractivity contribution >= 4 is 11.3 Å². The van der Waals surface area contributed by atoms with Gasteiger partial charge >= 0.3 is 0 Å². The molecule has 0 saturated carbocycles. The molecule has 4 rings (SSSR count). The summed E-state index contributed by atoms with van der Waals surface area (Å²) in [5.74, 6) is 0. The normalized spacial score (nSPS) is 15.0. The molecule has 0 atom stereocenters. The lowest BCUT2D eigenvalue weighted by Gasteiger charge is -2.18. The summed E-state index contributed by atoms with van der Waals surface area (Å²) in [5, 5.41) is 0. The summed E-state index contributed by atoms with van der Waals surface area (Å²) in [6.45, 7) is 5.29. The Bertz CT molecular complexity index is 828. The number of thiophene rings is 1. The van der Waals surface area contributed by atoms with Crippen molar-refractivity contribution in [2.24, 2.45) is 0 Å². The average Bonchev–Trinajstić information content (AvgIpc) is 2.91. The van der Waals surface area contributed by atoms with Crippen molar-refractivity contribution in [1.82, 2.24) is 19.9 Å². The molecule has 0 aromatic carbocycles. The Morgan fingerprint density at radius 2 is 2.04 bits per heavy atom. The van der Waals surface area contributed by atoms with Gasteiger partial charge in [-0.25, -0.2) is 9.97 Å². The minimum atomic E-state index is 0.982. The van der Waals surface area contributed by atoms with E-state index >= 15 is 0 Å². The first kappa shape index (κ1) is 15.4. The highest BCUT2D eigenvalue weighted by molar-refractivity contribution is 7.11. The molecule has 3 aromatic heterocycles. The van der Waals surface area contributed by atoms with Crippen LogP contribution < -0.4 is 0 Å². The van der Waals surface area contributed by atoms with Crippen molar-refractivity contribution < 1.29 is 0 Å². The summed E-state index contributed by atoms with van der Waals surface area (Å²) in [6.07, 6.45) is 7.35. The maximum Gasteiger partial charge on any atom is 0.116 e. The highest BCUT2D eigenvalue weighted by atomic mass is 32.1. The minimum absolute atomic E-state index is 0.982. The molecule has 4 heterocycles. The van der Waals surface area contributed by atoms with Gasteiger partial charge in [-0.2, -0.15) is 0 Å². The maximum absolute atomic E-state index is 4.56. The summed E-state index contributed by atoms with van der Waals surface area (Å²) in [4.78, 5) is 18.7. The fourth-order valence-corrected chi connectivity index (χ4v) is 4.21. The van der Waals surface area contributed by atoms with E-state index in [2.05, 4.69) is 45.0 Å². The predicted molar refractivity (Wildman–Crippen MR) is 97.0 cm³/mol. The Morgan fingerprint density at radius 3 is 2.83 bits per heavy atom. The fraction of sp³-hybridized carbons (Fsp3) is 0.316. The monoisotopic (exact) mass is 336 g/mol. The zero-order valence-electron chi connectivity index (χ0n) is 13.8. The van der Waals surface area contributed by atoms with Crippen LogP contribution in [-0.2, 0) is 19.4 Å². The van der Waals surface area contributed by atoms with Gasteiger partial charge in [0.15, 0.2) is 0 Å². The molecule has 3 aromatic rings. The lowest BCUT2D eigenvalue weighted by molar-refractivity contribution is 0.281. The number of aryl methyl sites for hydroxylation is 1. The lowest BCUT2D eigenvalue weighted by Crippen LogP contribution is -2.25. The third-order valence-electron chi connectivity index (χ3n) is 4.49. The number of aromatic nitrogens is 3. The topological polar surface area (TPSA) is 41.9 Å². The molecule has 0 N–H and O–H groups in total. The molecule has 1 aliphatic rings. The van der Waals surface area contributed by atoms with Crippen LogP contribution in [0.5, 0.6) is 0 Å². The van der Waals surface area contributed by atoms with Crippen LogP contribution >= 0.6 is 11.3 Å². The Kier molecular flexibility index (Phi) is 4.36. The largest absolute Gasteiger partial charge is 0.298 e. The molecular weight excluding hydrogens is 316 g/mol. The molecule has 0 unspecified atom stereocenters. The van der Waals surface area contributed by atoms with E-state index in [0.717, 1.165) is 43.7 Å². The van der Waals surface area contributed by atoms with Crippen molar-refractivity contribution in [1.29, 1.82) is 0 Å². The van der Waals surface area contributed by atoms with Gasteiger partial charge in [0, 0.05) is 65.0 Å². The van der Waals surface area contributed by atoms with Crippen LogP contribution in [0.25, 0.3) is 11.3 Å². The third kappa shape index (κ3) is 3.23. The maximum atomic E-state index is 4.56. The van der Waals surface area contributed by atoms with Gasteiger partial charge in [0.2, 0.25) is 0 Å². The molecule has 0 saturated heterocycles. The second-order valence-corrected chi connectivity index (χ2v) is 7.55. The first-order valence-electron chi connectivity index (χ1n) is 8.30. The van der Waals surface area contributed by atoms with Crippen molar-refractivity contribution in [2.45, 2.75) is 26.3 Å². The molecule has 5 heteroatoms. The van der Waals surface area contributed by atoms with E-state index < -0.39 is 0 Å². The summed E-state index contributed by atoms with van der Waals surface area (Å²) in [6, 6.07) is 8.50. The van der Waals surface area contributed by atoms with Crippen LogP contribution in [0.15, 0.2) is 43.0 Å². The van der Waals surface area contributed by atoms with Gasteiger partial charge in [-0.3, -0.25) is 9.88 Å². The van der Waals surface area contributed by atoms with Gasteiger partial charge in [-0.05, 0) is 37.6 Å². The van der Waals surface area contributed by atoms with Crippen LogP contribution in [0.4, 0.5) is 0 Å². The van der Waals surface area contributed by atoms with Crippen LogP contribution in [0.2, 0.25) is 0 Å². The Balaban J connectivity index is 1.57. The molecule has 0 radical (unpaired) electrons. The molecule has 122 valence electrons. The highest BCUT2D eigenvalue weighted by Crippen LogP contribution is 2.26. The number of rotatable bonds is 3. The van der Waals surface area contributed by atoms with Gasteiger partial charge < -0.3 is 0 Å². The van der Waals surface area contributed by atoms with E-state index in [1.54, 1.807) is 12.5 Å². The summed E-state index contributed by atoms with van der Waals surface area (Å²) in [7, 11) is 0. The number of pyridine rings is 1. The Labute approximate surface area is 146 Å². The molecule has 0 aliphatic carbocycles. The molecule has 0 fully saturated rings. The second-order valence-electron chi connectivity index (χ2n) is 6.18. The van der Waals surface area contributed by atoms with E-state index in [9.17, 15) is 0 Å². The van der Waals surface area contributed by atoms with Gasteiger partial charge in [-0.1, -0.05) is 0 Å². The zero-order chi connectivity index (χ0) is 16.4. The average molecular weight is 336 g/mol. The highest BCUT2D eigenvalue weighted by Gasteiger charge is 2.19. The van der Waals surface area contributed by atoms with Crippen LogP contribution in [-0.4, -0.2) is 32.9 Å². The number of hydrogen-bond donors (Lipinski definition) is 0. The van der Waals surface area contributed by atoms with Gasteiger partial charge in [-0.15, -0.1) is 11.3 Å². The zero-order valence-corrected chi connectivity index (χ0v) is 14.6. The molecular formula is C19H20N4S. The third-order valence-corrected chi connectivity index (χ3v) is 5.47. The summed E-state index contributed by atoms with van der Waals surface area (Å²) >= 11 is 1.89. The first-order valence-corrected chi connectivity index (χ1v) is 9.12. The smallest absolute Gasteiger partial charge is 0.116 e. The SMILES string of the molecule is Cc1ccc(CN2CCc3ncnc(-c4cccnc4)c3CC2)s1. The quantitative estimate of drug-likeness (QED) is 0.734. The Morgan fingerprint density at radius 1 is 1.12 bits per heavy atom. The van der Waals surface area contributed by atoms with Crippen LogP contribution in [0, 0.1) is 6.92 Å².